The van der Waals surface area contributed by atoms with Crippen LogP contribution in [-0.4, -0.2) is 42.0 Å². The van der Waals surface area contributed by atoms with Crippen LogP contribution in [0, 0.1) is 11.7 Å². The first kappa shape index (κ1) is 23.1. The van der Waals surface area contributed by atoms with Crippen molar-refractivity contribution in [1.29, 1.82) is 0 Å². The number of aromatic amines is 1. The van der Waals surface area contributed by atoms with Crippen molar-refractivity contribution >= 4 is 22.5 Å². The highest BCUT2D eigenvalue weighted by molar-refractivity contribution is 5.93. The number of nitrogens with one attached hydrogen (secondary N) is 1. The van der Waals surface area contributed by atoms with Crippen molar-refractivity contribution in [3.8, 4) is 0 Å². The van der Waals surface area contributed by atoms with Crippen LogP contribution in [0.25, 0.3) is 10.9 Å². The van der Waals surface area contributed by atoms with E-state index < -0.39 is 0 Å². The maximum absolute atomic E-state index is 13.8. The number of likely N-dealkylation sites (tertiary alicyclic amines) is 1. The Morgan fingerprint density at radius 1 is 1.00 bits per heavy atom. The van der Waals surface area contributed by atoms with Gasteiger partial charge in [-0.1, -0.05) is 37.5 Å². The number of para-hydroxylation sites is 1. The fourth-order valence-electron chi connectivity index (χ4n) is 5.92. The third-order valence-corrected chi connectivity index (χ3v) is 7.90. The highest BCUT2D eigenvalue weighted by Crippen LogP contribution is 2.33. The first-order valence-electron chi connectivity index (χ1n) is 13.0. The zero-order valence-corrected chi connectivity index (χ0v) is 20.0. The molecule has 2 fully saturated rings. The third kappa shape index (κ3) is 5.35. The van der Waals surface area contributed by atoms with E-state index in [1.165, 1.54) is 43.7 Å². The number of hydrogen-bond donors (Lipinski definition) is 1. The van der Waals surface area contributed by atoms with Crippen LogP contribution in [0.15, 0.2) is 54.7 Å². The van der Waals surface area contributed by atoms with E-state index in [4.69, 9.17) is 0 Å². The van der Waals surface area contributed by atoms with E-state index in [0.717, 1.165) is 55.6 Å². The monoisotopic (exact) mass is 461 g/mol. The van der Waals surface area contributed by atoms with Crippen molar-refractivity contribution in [3.05, 3.63) is 66.1 Å². The van der Waals surface area contributed by atoms with Crippen molar-refractivity contribution in [3.63, 3.8) is 0 Å². The molecule has 1 N–H and O–H groups in total. The molecule has 1 saturated heterocycles. The molecule has 1 aliphatic carbocycles. The Bertz CT molecular complexity index is 1080. The highest BCUT2D eigenvalue weighted by Gasteiger charge is 2.25. The maximum Gasteiger partial charge on any atom is 0.227 e. The van der Waals surface area contributed by atoms with Gasteiger partial charge in [-0.2, -0.15) is 0 Å². The summed E-state index contributed by atoms with van der Waals surface area (Å²) in [5.41, 5.74) is 3.26. The summed E-state index contributed by atoms with van der Waals surface area (Å²) >= 11 is 0. The molecule has 4 nitrogen and oxygen atoms in total. The number of rotatable bonds is 7. The minimum atomic E-state index is -0.176. The van der Waals surface area contributed by atoms with Gasteiger partial charge in [0, 0.05) is 42.3 Å². The minimum absolute atomic E-state index is 0.176. The van der Waals surface area contributed by atoms with Gasteiger partial charge in [-0.3, -0.25) is 4.79 Å². The van der Waals surface area contributed by atoms with Crippen LogP contribution in [0.3, 0.4) is 0 Å². The normalized spacial score (nSPS) is 18.4. The third-order valence-electron chi connectivity index (χ3n) is 7.90. The van der Waals surface area contributed by atoms with Crippen LogP contribution < -0.4 is 4.90 Å². The molecule has 0 radical (unpaired) electrons. The first-order chi connectivity index (χ1) is 16.7. The smallest absolute Gasteiger partial charge is 0.227 e. The van der Waals surface area contributed by atoms with Crippen molar-refractivity contribution in [2.24, 2.45) is 5.92 Å². The Labute approximate surface area is 202 Å². The summed E-state index contributed by atoms with van der Waals surface area (Å²) in [6, 6.07) is 15.2. The second-order valence-corrected chi connectivity index (χ2v) is 10.1. The lowest BCUT2D eigenvalue weighted by Crippen LogP contribution is -2.42. The Morgan fingerprint density at radius 3 is 2.53 bits per heavy atom. The van der Waals surface area contributed by atoms with Gasteiger partial charge in [0.15, 0.2) is 0 Å². The average molecular weight is 462 g/mol. The van der Waals surface area contributed by atoms with Crippen molar-refractivity contribution in [2.45, 2.75) is 57.3 Å². The molecule has 180 valence electrons. The molecular formula is C29H36FN3O. The highest BCUT2D eigenvalue weighted by atomic mass is 19.1. The quantitative estimate of drug-likeness (QED) is 0.437. The van der Waals surface area contributed by atoms with E-state index in [2.05, 4.69) is 28.2 Å². The predicted molar refractivity (Wildman–Crippen MR) is 137 cm³/mol. The summed E-state index contributed by atoms with van der Waals surface area (Å²) in [5, 5.41) is 1.02. The maximum atomic E-state index is 13.8. The van der Waals surface area contributed by atoms with Gasteiger partial charge < -0.3 is 14.8 Å². The summed E-state index contributed by atoms with van der Waals surface area (Å²) in [7, 11) is 0. The topological polar surface area (TPSA) is 39.3 Å². The van der Waals surface area contributed by atoms with Crippen LogP contribution in [0.5, 0.6) is 0 Å². The fraction of sp³-hybridized carbons (Fsp3) is 0.483. The van der Waals surface area contributed by atoms with Crippen LogP contribution in [0.1, 0.15) is 62.8 Å². The lowest BCUT2D eigenvalue weighted by atomic mass is 9.86. The molecule has 1 aromatic heterocycles. The van der Waals surface area contributed by atoms with Gasteiger partial charge in [0.1, 0.15) is 5.82 Å². The molecule has 2 heterocycles. The molecule has 1 aliphatic heterocycles. The number of carbonyl (C=O) groups excluding carboxylic acids is 1. The standard InChI is InChI=1S/C29H36FN3O/c30-24-11-12-28-26(20-24)27(21-31-28)23-13-15-32(16-14-23)17-18-33(25-9-5-2-6-10-25)29(34)19-22-7-3-1-4-8-22/h2,5-6,9-12,20-23,31H,1,3-4,7-8,13-19H2. The number of carbonyl (C=O) groups is 1. The lowest BCUT2D eigenvalue weighted by molar-refractivity contribution is -0.119. The van der Waals surface area contributed by atoms with E-state index in [1.54, 1.807) is 6.07 Å². The zero-order valence-electron chi connectivity index (χ0n) is 20.0. The molecule has 2 aliphatic rings. The summed E-state index contributed by atoms with van der Waals surface area (Å²) in [6.45, 7) is 3.64. The minimum Gasteiger partial charge on any atom is -0.361 e. The van der Waals surface area contributed by atoms with E-state index in [0.29, 0.717) is 18.3 Å². The Morgan fingerprint density at radius 2 is 1.76 bits per heavy atom. The molecule has 0 unspecified atom stereocenters. The van der Waals surface area contributed by atoms with Crippen LogP contribution in [0.4, 0.5) is 10.1 Å². The van der Waals surface area contributed by atoms with Crippen molar-refractivity contribution in [2.75, 3.05) is 31.1 Å². The largest absolute Gasteiger partial charge is 0.361 e. The Balaban J connectivity index is 1.19. The number of H-pyrrole nitrogens is 1. The second-order valence-electron chi connectivity index (χ2n) is 10.1. The molecule has 5 heteroatoms. The molecule has 0 atom stereocenters. The van der Waals surface area contributed by atoms with Gasteiger partial charge in [0.25, 0.3) is 0 Å². The molecule has 3 aromatic rings. The predicted octanol–water partition coefficient (Wildman–Crippen LogP) is 6.49. The lowest BCUT2D eigenvalue weighted by Gasteiger charge is -2.34. The van der Waals surface area contributed by atoms with E-state index in [9.17, 15) is 9.18 Å². The van der Waals surface area contributed by atoms with Gasteiger partial charge in [-0.15, -0.1) is 0 Å². The van der Waals surface area contributed by atoms with Crippen LogP contribution in [-0.2, 0) is 4.79 Å². The number of halogens is 1. The average Bonchev–Trinajstić information content (AvgIpc) is 3.29. The number of aromatic nitrogens is 1. The van der Waals surface area contributed by atoms with Crippen molar-refractivity contribution in [1.82, 2.24) is 9.88 Å². The number of nitrogens with zero attached hydrogens (tertiary/aromatic N) is 2. The van der Waals surface area contributed by atoms with E-state index in [1.807, 2.05) is 29.2 Å². The molecule has 0 spiro atoms. The van der Waals surface area contributed by atoms with E-state index >= 15 is 0 Å². The number of amides is 1. The first-order valence-corrected chi connectivity index (χ1v) is 13.0. The molecule has 34 heavy (non-hydrogen) atoms. The fourth-order valence-corrected chi connectivity index (χ4v) is 5.92. The number of hydrogen-bond acceptors (Lipinski definition) is 2. The molecule has 5 rings (SSSR count). The van der Waals surface area contributed by atoms with Gasteiger partial charge >= 0.3 is 0 Å². The second kappa shape index (κ2) is 10.7. The van der Waals surface area contributed by atoms with Gasteiger partial charge in [-0.05, 0) is 86.5 Å². The van der Waals surface area contributed by atoms with Crippen LogP contribution >= 0.6 is 0 Å². The molecule has 1 saturated carbocycles. The van der Waals surface area contributed by atoms with E-state index in [-0.39, 0.29) is 11.7 Å². The van der Waals surface area contributed by atoms with Gasteiger partial charge in [0.05, 0.1) is 0 Å². The number of fused-ring (bicyclic) bond motifs is 1. The van der Waals surface area contributed by atoms with Crippen LogP contribution in [0.2, 0.25) is 0 Å². The summed E-state index contributed by atoms with van der Waals surface area (Å²) in [4.78, 5) is 21.1. The molecule has 1 amide bonds. The van der Waals surface area contributed by atoms with Crippen molar-refractivity contribution < 1.29 is 9.18 Å². The molecular weight excluding hydrogens is 425 g/mol. The summed E-state index contributed by atoms with van der Waals surface area (Å²) in [6.07, 6.45) is 11.1. The Hall–Kier alpha value is -2.66. The zero-order chi connectivity index (χ0) is 23.3. The summed E-state index contributed by atoms with van der Waals surface area (Å²) < 4.78 is 13.8. The number of piperidine rings is 1. The SMILES string of the molecule is O=C(CC1CCCCC1)N(CCN1CCC(c2c[nH]c3ccc(F)cc23)CC1)c1ccccc1. The number of anilines is 1. The van der Waals surface area contributed by atoms with Gasteiger partial charge in [-0.25, -0.2) is 4.39 Å². The summed E-state index contributed by atoms with van der Waals surface area (Å²) in [5.74, 6) is 1.09. The Kier molecular flexibility index (Phi) is 7.29. The van der Waals surface area contributed by atoms with Gasteiger partial charge in [0.2, 0.25) is 5.91 Å². The number of benzene rings is 2. The molecule has 0 bridgehead atoms. The molecule has 2 aromatic carbocycles.